The van der Waals surface area contributed by atoms with E-state index in [4.69, 9.17) is 0 Å². The Bertz CT molecular complexity index is 1350. The van der Waals surface area contributed by atoms with Crippen molar-refractivity contribution in [3.8, 4) is 0 Å². The van der Waals surface area contributed by atoms with E-state index in [0.29, 0.717) is 28.1 Å². The van der Waals surface area contributed by atoms with Gasteiger partial charge in [-0.15, -0.1) is 0 Å². The number of benzene rings is 3. The van der Waals surface area contributed by atoms with Crippen LogP contribution in [0, 0.1) is 6.92 Å². The highest BCUT2D eigenvalue weighted by atomic mass is 32.2. The van der Waals surface area contributed by atoms with E-state index in [9.17, 15) is 22.8 Å². The van der Waals surface area contributed by atoms with Crippen molar-refractivity contribution in [2.24, 2.45) is 0 Å². The number of amides is 3. The first-order valence-corrected chi connectivity index (χ1v) is 12.2. The van der Waals surface area contributed by atoms with Crippen molar-refractivity contribution in [2.45, 2.75) is 25.3 Å². The lowest BCUT2D eigenvalue weighted by Crippen LogP contribution is -2.23. The van der Waals surface area contributed by atoms with Crippen LogP contribution in [0.5, 0.6) is 0 Å². The van der Waals surface area contributed by atoms with Crippen molar-refractivity contribution >= 4 is 39.1 Å². The van der Waals surface area contributed by atoms with Crippen LogP contribution in [-0.2, 0) is 21.4 Å². The lowest BCUT2D eigenvalue weighted by atomic mass is 10.0. The number of carbonyl (C=O) groups excluding carboxylic acids is 3. The predicted octanol–water partition coefficient (Wildman–Crippen LogP) is 3.04. The molecule has 0 saturated carbocycles. The van der Waals surface area contributed by atoms with Gasteiger partial charge in [-0.3, -0.25) is 14.4 Å². The topological polar surface area (TPSA) is 133 Å². The minimum Gasteiger partial charge on any atom is -0.355 e. The monoisotopic (exact) mass is 494 g/mol. The van der Waals surface area contributed by atoms with E-state index in [0.717, 1.165) is 5.56 Å². The van der Waals surface area contributed by atoms with Gasteiger partial charge in [0.1, 0.15) is 0 Å². The van der Waals surface area contributed by atoms with Crippen molar-refractivity contribution in [3.05, 3.63) is 89.0 Å². The van der Waals surface area contributed by atoms with Crippen LogP contribution in [0.15, 0.2) is 71.6 Å². The van der Waals surface area contributed by atoms with Crippen LogP contribution in [0.2, 0.25) is 0 Å². The summed E-state index contributed by atoms with van der Waals surface area (Å²) in [7, 11) is -2.25. The van der Waals surface area contributed by atoms with Crippen LogP contribution >= 0.6 is 0 Å². The van der Waals surface area contributed by atoms with Gasteiger partial charge in [-0.25, -0.2) is 13.1 Å². The third kappa shape index (κ3) is 6.52. The molecule has 0 saturated heterocycles. The van der Waals surface area contributed by atoms with E-state index in [1.165, 1.54) is 38.2 Å². The van der Waals surface area contributed by atoms with Gasteiger partial charge in [0.05, 0.1) is 16.1 Å². The first-order chi connectivity index (χ1) is 16.6. The molecule has 3 aromatic rings. The molecule has 0 atom stereocenters. The largest absolute Gasteiger partial charge is 0.355 e. The Kier molecular flexibility index (Phi) is 8.00. The average Bonchev–Trinajstić information content (AvgIpc) is 2.83. The van der Waals surface area contributed by atoms with E-state index in [-0.39, 0.29) is 23.3 Å². The molecule has 0 heterocycles. The summed E-state index contributed by atoms with van der Waals surface area (Å²) in [6.07, 6.45) is 0. The first kappa shape index (κ1) is 25.6. The Morgan fingerprint density at radius 2 is 1.49 bits per heavy atom. The number of aryl methyl sites for hydroxylation is 1. The number of hydrogen-bond acceptors (Lipinski definition) is 5. The third-order valence-electron chi connectivity index (χ3n) is 5.14. The molecule has 3 rings (SSSR count). The molecule has 0 aliphatic rings. The van der Waals surface area contributed by atoms with Gasteiger partial charge in [0.2, 0.25) is 15.9 Å². The zero-order valence-corrected chi connectivity index (χ0v) is 20.3. The van der Waals surface area contributed by atoms with Crippen LogP contribution in [0.25, 0.3) is 0 Å². The quantitative estimate of drug-likeness (QED) is 0.382. The summed E-state index contributed by atoms with van der Waals surface area (Å²) < 4.78 is 27.6. The van der Waals surface area contributed by atoms with Crippen LogP contribution in [0.1, 0.15) is 38.8 Å². The minimum atomic E-state index is -3.77. The summed E-state index contributed by atoms with van der Waals surface area (Å²) in [5.41, 5.74) is 3.03. The second kappa shape index (κ2) is 10.9. The van der Waals surface area contributed by atoms with Crippen LogP contribution in [-0.4, -0.2) is 33.2 Å². The smallest absolute Gasteiger partial charge is 0.255 e. The molecule has 35 heavy (non-hydrogen) atoms. The van der Waals surface area contributed by atoms with Gasteiger partial charge in [0.15, 0.2) is 0 Å². The molecule has 182 valence electrons. The van der Waals surface area contributed by atoms with Gasteiger partial charge in [-0.1, -0.05) is 24.3 Å². The Labute approximate surface area is 204 Å². The Morgan fingerprint density at radius 1 is 0.829 bits per heavy atom. The molecule has 9 nitrogen and oxygen atoms in total. The van der Waals surface area contributed by atoms with Gasteiger partial charge in [-0.05, 0) is 60.5 Å². The van der Waals surface area contributed by atoms with E-state index < -0.39 is 15.9 Å². The SMILES string of the molecule is CNC(=O)c1c(C)cccc1NC(=O)c1ccc(CNS(=O)(=O)c2ccc(NC(C)=O)cc2)cc1. The molecule has 3 aromatic carbocycles. The highest BCUT2D eigenvalue weighted by molar-refractivity contribution is 7.89. The molecule has 0 spiro atoms. The molecule has 4 N–H and O–H groups in total. The maximum atomic E-state index is 12.7. The summed E-state index contributed by atoms with van der Waals surface area (Å²) in [5.74, 6) is -0.945. The Hall–Kier alpha value is -4.02. The van der Waals surface area contributed by atoms with Gasteiger partial charge >= 0.3 is 0 Å². The molecule has 0 bridgehead atoms. The van der Waals surface area contributed by atoms with Gasteiger partial charge in [0.25, 0.3) is 11.8 Å². The number of rotatable bonds is 8. The summed E-state index contributed by atoms with van der Waals surface area (Å²) in [6, 6.07) is 17.5. The summed E-state index contributed by atoms with van der Waals surface area (Å²) in [6.45, 7) is 3.18. The Morgan fingerprint density at radius 3 is 2.09 bits per heavy atom. The molecule has 0 aliphatic heterocycles. The van der Waals surface area contributed by atoms with Crippen LogP contribution in [0.4, 0.5) is 11.4 Å². The fraction of sp³-hybridized carbons (Fsp3) is 0.160. The average molecular weight is 495 g/mol. The van der Waals surface area contributed by atoms with Crippen LogP contribution < -0.4 is 20.7 Å². The number of anilines is 2. The van der Waals surface area contributed by atoms with Crippen molar-refractivity contribution in [1.29, 1.82) is 0 Å². The lowest BCUT2D eigenvalue weighted by molar-refractivity contribution is -0.114. The molecule has 0 aliphatic carbocycles. The van der Waals surface area contributed by atoms with Crippen molar-refractivity contribution < 1.29 is 22.8 Å². The molecule has 3 amide bonds. The predicted molar refractivity (Wildman–Crippen MR) is 134 cm³/mol. The highest BCUT2D eigenvalue weighted by Gasteiger charge is 2.17. The van der Waals surface area contributed by atoms with E-state index in [2.05, 4.69) is 20.7 Å². The minimum absolute atomic E-state index is 0.0242. The maximum Gasteiger partial charge on any atom is 0.255 e. The van der Waals surface area contributed by atoms with Gasteiger partial charge in [0, 0.05) is 31.8 Å². The second-order valence-corrected chi connectivity index (χ2v) is 9.52. The molecule has 0 unspecified atom stereocenters. The summed E-state index contributed by atoms with van der Waals surface area (Å²) in [4.78, 5) is 36.1. The van der Waals surface area contributed by atoms with Gasteiger partial charge < -0.3 is 16.0 Å². The molecule has 10 heteroatoms. The molecule has 0 aromatic heterocycles. The standard InChI is InChI=1S/C25H26N4O5S/c1-16-5-4-6-22(23(16)25(32)26-3)29-24(31)19-9-7-18(8-10-19)15-27-35(33,34)21-13-11-20(12-14-21)28-17(2)30/h4-14,27H,15H2,1-3H3,(H,26,32)(H,28,30)(H,29,31). The number of nitrogens with one attached hydrogen (secondary N) is 4. The second-order valence-electron chi connectivity index (χ2n) is 7.76. The number of carbonyl (C=O) groups is 3. The highest BCUT2D eigenvalue weighted by Crippen LogP contribution is 2.21. The van der Waals surface area contributed by atoms with Crippen molar-refractivity contribution in [3.63, 3.8) is 0 Å². The van der Waals surface area contributed by atoms with E-state index in [1.54, 1.807) is 49.4 Å². The fourth-order valence-electron chi connectivity index (χ4n) is 3.35. The van der Waals surface area contributed by atoms with Crippen LogP contribution in [0.3, 0.4) is 0 Å². The summed E-state index contributed by atoms with van der Waals surface area (Å²) >= 11 is 0. The zero-order valence-electron chi connectivity index (χ0n) is 19.5. The number of hydrogen-bond donors (Lipinski definition) is 4. The van der Waals surface area contributed by atoms with Crippen molar-refractivity contribution in [2.75, 3.05) is 17.7 Å². The molecular weight excluding hydrogens is 468 g/mol. The van der Waals surface area contributed by atoms with Gasteiger partial charge in [-0.2, -0.15) is 0 Å². The van der Waals surface area contributed by atoms with E-state index in [1.807, 2.05) is 0 Å². The third-order valence-corrected chi connectivity index (χ3v) is 6.56. The Balaban J connectivity index is 1.65. The maximum absolute atomic E-state index is 12.7. The summed E-state index contributed by atoms with van der Waals surface area (Å²) in [5, 5.41) is 7.91. The normalized spacial score (nSPS) is 10.9. The fourth-order valence-corrected chi connectivity index (χ4v) is 4.37. The molecular formula is C25H26N4O5S. The molecule has 0 fully saturated rings. The number of sulfonamides is 1. The molecule has 0 radical (unpaired) electrons. The van der Waals surface area contributed by atoms with E-state index >= 15 is 0 Å². The zero-order chi connectivity index (χ0) is 25.6. The van der Waals surface area contributed by atoms with Crippen molar-refractivity contribution in [1.82, 2.24) is 10.0 Å². The lowest BCUT2D eigenvalue weighted by Gasteiger charge is -2.13. The first-order valence-electron chi connectivity index (χ1n) is 10.7.